The third-order valence-electron chi connectivity index (χ3n) is 6.32. The second kappa shape index (κ2) is 9.73. The first kappa shape index (κ1) is 22.7. The summed E-state index contributed by atoms with van der Waals surface area (Å²) in [6, 6.07) is 29.6. The number of hydrogen-bond acceptors (Lipinski definition) is 5. The first-order valence-electron chi connectivity index (χ1n) is 11.9. The second-order valence-corrected chi connectivity index (χ2v) is 8.69. The lowest BCUT2D eigenvalue weighted by atomic mass is 9.98. The van der Waals surface area contributed by atoms with E-state index in [0.29, 0.717) is 22.6 Å². The molecule has 38 heavy (non-hydrogen) atoms. The number of pyridine rings is 4. The monoisotopic (exact) mass is 486 g/mol. The molecule has 0 bridgehead atoms. The van der Waals surface area contributed by atoms with Crippen LogP contribution in [0.3, 0.4) is 0 Å². The summed E-state index contributed by atoms with van der Waals surface area (Å²) in [6.45, 7) is 7.19. The molecular weight excluding hydrogens is 468 g/mol. The van der Waals surface area contributed by atoms with Gasteiger partial charge in [0.2, 0.25) is 0 Å². The van der Waals surface area contributed by atoms with Crippen molar-refractivity contribution in [1.29, 1.82) is 5.26 Å². The van der Waals surface area contributed by atoms with Crippen molar-refractivity contribution in [2.75, 3.05) is 0 Å². The van der Waals surface area contributed by atoms with E-state index in [2.05, 4.69) is 67.2 Å². The van der Waals surface area contributed by atoms with Crippen molar-refractivity contribution >= 4 is 16.5 Å². The highest BCUT2D eigenvalue weighted by Gasteiger charge is 2.07. The quantitative estimate of drug-likeness (QED) is 0.241. The molecule has 2 aromatic carbocycles. The van der Waals surface area contributed by atoms with E-state index < -0.39 is 0 Å². The number of fused-ring (bicyclic) bond motifs is 1. The van der Waals surface area contributed by atoms with Gasteiger partial charge in [0, 0.05) is 35.9 Å². The highest BCUT2D eigenvalue weighted by Crippen LogP contribution is 2.30. The van der Waals surface area contributed by atoms with E-state index in [0.717, 1.165) is 44.4 Å². The van der Waals surface area contributed by atoms with Crippen LogP contribution in [0.2, 0.25) is 0 Å². The van der Waals surface area contributed by atoms with E-state index in [1.165, 1.54) is 0 Å². The molecule has 0 amide bonds. The van der Waals surface area contributed by atoms with E-state index in [-0.39, 0.29) is 0 Å². The minimum Gasteiger partial charge on any atom is -0.257 e. The van der Waals surface area contributed by atoms with Crippen molar-refractivity contribution < 1.29 is 0 Å². The Bertz CT molecular complexity index is 1740. The third kappa shape index (κ3) is 4.46. The Labute approximate surface area is 219 Å². The van der Waals surface area contributed by atoms with Gasteiger partial charge in [-0.3, -0.25) is 19.9 Å². The molecule has 4 heterocycles. The van der Waals surface area contributed by atoms with Crippen molar-refractivity contribution in [1.82, 2.24) is 19.9 Å². The standard InChI is InChI=1S/C32H18N6/c1-34-28-11-13-36-32(17-28)30-9-7-27(20-38-30)25-5-3-22-15-24(4-2-23(22)16-25)26-6-8-29(37-19-26)31-14-21(18-33)10-12-35-31/h2-17,19-20H. The Morgan fingerprint density at radius 1 is 0.553 bits per heavy atom. The minimum absolute atomic E-state index is 0.545. The van der Waals surface area contributed by atoms with E-state index in [9.17, 15) is 0 Å². The van der Waals surface area contributed by atoms with Crippen LogP contribution in [0.1, 0.15) is 5.56 Å². The molecule has 6 aromatic rings. The third-order valence-corrected chi connectivity index (χ3v) is 6.32. The summed E-state index contributed by atoms with van der Waals surface area (Å²) >= 11 is 0. The maximum atomic E-state index is 9.13. The zero-order valence-corrected chi connectivity index (χ0v) is 20.1. The van der Waals surface area contributed by atoms with Gasteiger partial charge in [0.1, 0.15) is 0 Å². The average Bonchev–Trinajstić information content (AvgIpc) is 3.01. The Morgan fingerprint density at radius 2 is 1.11 bits per heavy atom. The van der Waals surface area contributed by atoms with Gasteiger partial charge in [0.25, 0.3) is 0 Å². The van der Waals surface area contributed by atoms with Crippen molar-refractivity contribution in [3.05, 3.63) is 127 Å². The summed E-state index contributed by atoms with van der Waals surface area (Å²) in [5, 5.41) is 11.4. The van der Waals surface area contributed by atoms with Crippen LogP contribution in [0.5, 0.6) is 0 Å². The zero-order valence-electron chi connectivity index (χ0n) is 20.1. The van der Waals surface area contributed by atoms with Crippen LogP contribution < -0.4 is 0 Å². The second-order valence-electron chi connectivity index (χ2n) is 8.69. The van der Waals surface area contributed by atoms with Crippen LogP contribution in [0, 0.1) is 17.9 Å². The average molecular weight is 487 g/mol. The smallest absolute Gasteiger partial charge is 0.190 e. The minimum atomic E-state index is 0.545. The number of aromatic nitrogens is 4. The molecule has 0 N–H and O–H groups in total. The van der Waals surface area contributed by atoms with Gasteiger partial charge in [0.15, 0.2) is 5.69 Å². The Balaban J connectivity index is 1.25. The largest absolute Gasteiger partial charge is 0.257 e. The summed E-state index contributed by atoms with van der Waals surface area (Å²) < 4.78 is 0. The fourth-order valence-electron chi connectivity index (χ4n) is 4.31. The van der Waals surface area contributed by atoms with Gasteiger partial charge >= 0.3 is 0 Å². The fourth-order valence-corrected chi connectivity index (χ4v) is 4.31. The predicted octanol–water partition coefficient (Wildman–Crippen LogP) is 7.51. The molecule has 176 valence electrons. The summed E-state index contributed by atoms with van der Waals surface area (Å²) in [5.41, 5.74) is 8.09. The fraction of sp³-hybridized carbons (Fsp3) is 0. The molecule has 6 heteroatoms. The number of hydrogen-bond donors (Lipinski definition) is 0. The van der Waals surface area contributed by atoms with E-state index in [4.69, 9.17) is 11.8 Å². The molecule has 0 aliphatic heterocycles. The highest BCUT2D eigenvalue weighted by molar-refractivity contribution is 5.91. The SMILES string of the molecule is [C-]#[N+]c1ccnc(-c2ccc(-c3ccc4cc(-c5ccc(-c6cc(C#N)ccn6)nc5)ccc4c3)cn2)c1. The molecular formula is C32H18N6. The molecule has 0 aliphatic carbocycles. The summed E-state index contributed by atoms with van der Waals surface area (Å²) in [5.74, 6) is 0. The lowest BCUT2D eigenvalue weighted by Gasteiger charge is -2.08. The lowest BCUT2D eigenvalue weighted by Crippen LogP contribution is -1.89. The molecule has 4 aromatic heterocycles. The van der Waals surface area contributed by atoms with Gasteiger partial charge in [0.05, 0.1) is 41.0 Å². The first-order valence-corrected chi connectivity index (χ1v) is 11.9. The maximum absolute atomic E-state index is 9.13. The summed E-state index contributed by atoms with van der Waals surface area (Å²) in [4.78, 5) is 21.3. The molecule has 0 fully saturated rings. The van der Waals surface area contributed by atoms with Crippen LogP contribution >= 0.6 is 0 Å². The Hall–Kier alpha value is -5.72. The van der Waals surface area contributed by atoms with Gasteiger partial charge < -0.3 is 0 Å². The summed E-state index contributed by atoms with van der Waals surface area (Å²) in [7, 11) is 0. The lowest BCUT2D eigenvalue weighted by molar-refractivity contribution is 1.24. The number of rotatable bonds is 4. The molecule has 0 atom stereocenters. The highest BCUT2D eigenvalue weighted by atomic mass is 14.8. The number of benzene rings is 2. The van der Waals surface area contributed by atoms with E-state index in [1.54, 1.807) is 36.7 Å². The summed E-state index contributed by atoms with van der Waals surface area (Å²) in [6.07, 6.45) is 6.93. The van der Waals surface area contributed by atoms with Crippen molar-refractivity contribution in [3.8, 4) is 51.1 Å². The molecule has 0 unspecified atom stereocenters. The number of nitriles is 1. The van der Waals surface area contributed by atoms with Crippen LogP contribution in [0.15, 0.2) is 110 Å². The van der Waals surface area contributed by atoms with Crippen molar-refractivity contribution in [2.45, 2.75) is 0 Å². The molecule has 0 aliphatic rings. The van der Waals surface area contributed by atoms with Crippen LogP contribution in [0.25, 0.3) is 60.6 Å². The van der Waals surface area contributed by atoms with Crippen LogP contribution in [-0.2, 0) is 0 Å². The van der Waals surface area contributed by atoms with Gasteiger partial charge in [-0.1, -0.05) is 36.4 Å². The Morgan fingerprint density at radius 3 is 1.63 bits per heavy atom. The number of nitrogens with zero attached hydrogens (tertiary/aromatic N) is 6. The van der Waals surface area contributed by atoms with E-state index in [1.807, 2.05) is 36.7 Å². The van der Waals surface area contributed by atoms with Gasteiger partial charge in [-0.05, 0) is 70.4 Å². The van der Waals surface area contributed by atoms with Gasteiger partial charge in [-0.2, -0.15) is 5.26 Å². The molecule has 0 radical (unpaired) electrons. The topological polar surface area (TPSA) is 79.7 Å². The zero-order chi connectivity index (χ0) is 25.9. The predicted molar refractivity (Wildman–Crippen MR) is 148 cm³/mol. The molecule has 0 saturated heterocycles. The van der Waals surface area contributed by atoms with Crippen molar-refractivity contribution in [2.24, 2.45) is 0 Å². The van der Waals surface area contributed by atoms with Gasteiger partial charge in [-0.15, -0.1) is 0 Å². The molecule has 0 saturated carbocycles. The van der Waals surface area contributed by atoms with Crippen LogP contribution in [-0.4, -0.2) is 19.9 Å². The van der Waals surface area contributed by atoms with Crippen molar-refractivity contribution in [3.63, 3.8) is 0 Å². The van der Waals surface area contributed by atoms with E-state index >= 15 is 0 Å². The molecule has 0 spiro atoms. The molecule has 6 rings (SSSR count). The van der Waals surface area contributed by atoms with Gasteiger partial charge in [-0.25, -0.2) is 4.85 Å². The maximum Gasteiger partial charge on any atom is 0.190 e. The first-order chi connectivity index (χ1) is 18.7. The Kier molecular flexibility index (Phi) is 5.82. The molecule has 6 nitrogen and oxygen atoms in total. The van der Waals surface area contributed by atoms with Crippen LogP contribution in [0.4, 0.5) is 5.69 Å². The normalized spacial score (nSPS) is 10.6.